The van der Waals surface area contributed by atoms with E-state index < -0.39 is 23.8 Å². The van der Waals surface area contributed by atoms with Gasteiger partial charge in [-0.15, -0.1) is 0 Å². The van der Waals surface area contributed by atoms with E-state index >= 15 is 0 Å². The molecule has 1 rings (SSSR count). The highest BCUT2D eigenvalue weighted by molar-refractivity contribution is 6.14. The molecule has 82 valence electrons. The summed E-state index contributed by atoms with van der Waals surface area (Å²) in [5, 5.41) is 11.7. The Labute approximate surface area is 86.6 Å². The van der Waals surface area contributed by atoms with E-state index in [4.69, 9.17) is 5.11 Å². The molecule has 0 aromatic heterocycles. The first-order valence-corrected chi connectivity index (χ1v) is 4.56. The zero-order valence-electron chi connectivity index (χ0n) is 8.27. The molecule has 0 aliphatic carbocycles. The number of carboxylic acid groups (broad SMARTS) is 1. The molecule has 6 heteroatoms. The number of hydrogen-bond acceptors (Lipinski definition) is 4. The number of rotatable bonds is 5. The largest absolute Gasteiger partial charge is 0.480 e. The van der Waals surface area contributed by atoms with Crippen LogP contribution >= 0.6 is 0 Å². The first kappa shape index (κ1) is 11.4. The van der Waals surface area contributed by atoms with Crippen LogP contribution in [0.15, 0.2) is 12.2 Å². The van der Waals surface area contributed by atoms with Crippen molar-refractivity contribution in [2.75, 3.05) is 13.1 Å². The lowest BCUT2D eigenvalue weighted by atomic mass is 10.2. The monoisotopic (exact) mass is 212 g/mol. The lowest BCUT2D eigenvalue weighted by Crippen LogP contribution is -2.50. The smallest absolute Gasteiger partial charge is 0.328 e. The van der Waals surface area contributed by atoms with Gasteiger partial charge in [-0.25, -0.2) is 4.79 Å². The number of carbonyl (C=O) groups is 3. The Morgan fingerprint density at radius 3 is 2.40 bits per heavy atom. The Morgan fingerprint density at radius 1 is 1.47 bits per heavy atom. The fourth-order valence-electron chi connectivity index (χ4n) is 1.29. The minimum Gasteiger partial charge on any atom is -0.480 e. The van der Waals surface area contributed by atoms with Gasteiger partial charge in [-0.05, 0) is 6.54 Å². The topological polar surface area (TPSA) is 86.7 Å². The first-order chi connectivity index (χ1) is 7.07. The lowest BCUT2D eigenvalue weighted by Gasteiger charge is -2.22. The molecule has 0 aromatic carbocycles. The maximum atomic E-state index is 11.2. The zero-order chi connectivity index (χ0) is 11.4. The average Bonchev–Trinajstić information content (AvgIpc) is 2.49. The number of amides is 2. The van der Waals surface area contributed by atoms with Crippen LogP contribution in [0.4, 0.5) is 0 Å². The predicted molar refractivity (Wildman–Crippen MR) is 51.0 cm³/mol. The average molecular weight is 212 g/mol. The number of imide groups is 1. The molecule has 0 saturated carbocycles. The van der Waals surface area contributed by atoms with Crippen molar-refractivity contribution in [2.45, 2.75) is 13.0 Å². The van der Waals surface area contributed by atoms with Crippen LogP contribution in [0.2, 0.25) is 0 Å². The molecule has 0 aromatic rings. The molecule has 0 radical (unpaired) electrons. The maximum absolute atomic E-state index is 11.2. The predicted octanol–water partition coefficient (Wildman–Crippen LogP) is -1.03. The van der Waals surface area contributed by atoms with Gasteiger partial charge in [-0.3, -0.25) is 14.5 Å². The number of likely N-dealkylation sites (N-methyl/N-ethyl adjacent to an activating group) is 1. The van der Waals surface area contributed by atoms with Crippen molar-refractivity contribution < 1.29 is 19.5 Å². The van der Waals surface area contributed by atoms with Gasteiger partial charge in [0.1, 0.15) is 6.04 Å². The van der Waals surface area contributed by atoms with E-state index in [-0.39, 0.29) is 6.54 Å². The second-order valence-electron chi connectivity index (χ2n) is 3.04. The van der Waals surface area contributed by atoms with E-state index in [1.54, 1.807) is 0 Å². The fourth-order valence-corrected chi connectivity index (χ4v) is 1.29. The second kappa shape index (κ2) is 4.70. The summed E-state index contributed by atoms with van der Waals surface area (Å²) in [5.41, 5.74) is 0. The van der Waals surface area contributed by atoms with Gasteiger partial charge in [-0.2, -0.15) is 0 Å². The van der Waals surface area contributed by atoms with Crippen LogP contribution in [0.3, 0.4) is 0 Å². The number of nitrogens with zero attached hydrogens (tertiary/aromatic N) is 1. The normalized spacial score (nSPS) is 17.3. The number of nitrogens with one attached hydrogen (secondary N) is 1. The summed E-state index contributed by atoms with van der Waals surface area (Å²) in [6.07, 6.45) is 2.15. The molecule has 1 atom stereocenters. The number of hydrogen-bond donors (Lipinski definition) is 2. The molecule has 1 heterocycles. The molecule has 0 spiro atoms. The number of carboxylic acids is 1. The highest BCUT2D eigenvalue weighted by atomic mass is 16.4. The number of carbonyl (C=O) groups excluding carboxylic acids is 2. The van der Waals surface area contributed by atoms with Gasteiger partial charge in [0.05, 0.1) is 0 Å². The molecule has 1 aliphatic heterocycles. The van der Waals surface area contributed by atoms with Gasteiger partial charge < -0.3 is 10.4 Å². The quantitative estimate of drug-likeness (QED) is 0.569. The molecule has 2 N–H and O–H groups in total. The standard InChI is InChI=1S/C9H12N2O4/c1-2-10-5-6(9(14)15)11-7(12)3-4-8(11)13/h3-4,6,10H,2,5H2,1H3,(H,14,15). The summed E-state index contributed by atoms with van der Waals surface area (Å²) in [7, 11) is 0. The Kier molecular flexibility index (Phi) is 3.56. The molecular weight excluding hydrogens is 200 g/mol. The Balaban J connectivity index is 2.76. The molecule has 0 bridgehead atoms. The Bertz CT molecular complexity index is 306. The van der Waals surface area contributed by atoms with Gasteiger partial charge in [0.15, 0.2) is 0 Å². The molecule has 1 aliphatic rings. The van der Waals surface area contributed by atoms with Gasteiger partial charge in [0.2, 0.25) is 0 Å². The van der Waals surface area contributed by atoms with E-state index in [0.29, 0.717) is 6.54 Å². The van der Waals surface area contributed by atoms with E-state index in [2.05, 4.69) is 5.32 Å². The van der Waals surface area contributed by atoms with Crippen LogP contribution in [-0.2, 0) is 14.4 Å². The van der Waals surface area contributed by atoms with Crippen molar-refractivity contribution in [2.24, 2.45) is 0 Å². The highest BCUT2D eigenvalue weighted by Gasteiger charge is 2.35. The van der Waals surface area contributed by atoms with Gasteiger partial charge >= 0.3 is 5.97 Å². The van der Waals surface area contributed by atoms with Crippen LogP contribution in [-0.4, -0.2) is 46.9 Å². The van der Waals surface area contributed by atoms with Crippen molar-refractivity contribution in [3.63, 3.8) is 0 Å². The molecule has 0 fully saturated rings. The van der Waals surface area contributed by atoms with Crippen molar-refractivity contribution in [1.29, 1.82) is 0 Å². The van der Waals surface area contributed by atoms with Crippen LogP contribution in [0.5, 0.6) is 0 Å². The molecule has 15 heavy (non-hydrogen) atoms. The van der Waals surface area contributed by atoms with E-state index in [0.717, 1.165) is 17.1 Å². The molecule has 2 amide bonds. The summed E-state index contributed by atoms with van der Waals surface area (Å²) >= 11 is 0. The first-order valence-electron chi connectivity index (χ1n) is 4.56. The minimum absolute atomic E-state index is 0.0605. The van der Waals surface area contributed by atoms with E-state index in [1.807, 2.05) is 6.92 Å². The molecule has 1 unspecified atom stereocenters. The second-order valence-corrected chi connectivity index (χ2v) is 3.04. The van der Waals surface area contributed by atoms with Crippen LogP contribution in [0, 0.1) is 0 Å². The third kappa shape index (κ3) is 2.41. The SMILES string of the molecule is CCNCC(C(=O)O)N1C(=O)C=CC1=O. The van der Waals surface area contributed by atoms with Crippen LogP contribution in [0.1, 0.15) is 6.92 Å². The summed E-state index contributed by atoms with van der Waals surface area (Å²) in [5.74, 6) is -2.35. The maximum Gasteiger partial charge on any atom is 0.328 e. The summed E-state index contributed by atoms with van der Waals surface area (Å²) in [6, 6.07) is -1.14. The van der Waals surface area contributed by atoms with E-state index in [9.17, 15) is 14.4 Å². The van der Waals surface area contributed by atoms with Crippen molar-refractivity contribution in [3.8, 4) is 0 Å². The van der Waals surface area contributed by atoms with Gasteiger partial charge in [0.25, 0.3) is 11.8 Å². The Morgan fingerprint density at radius 2 is 2.00 bits per heavy atom. The molecular formula is C9H12N2O4. The van der Waals surface area contributed by atoms with Crippen molar-refractivity contribution in [1.82, 2.24) is 10.2 Å². The van der Waals surface area contributed by atoms with Gasteiger partial charge in [-0.1, -0.05) is 6.92 Å². The fraction of sp³-hybridized carbons (Fsp3) is 0.444. The van der Waals surface area contributed by atoms with Crippen molar-refractivity contribution >= 4 is 17.8 Å². The lowest BCUT2D eigenvalue weighted by molar-refractivity contribution is -0.153. The summed E-state index contributed by atoms with van der Waals surface area (Å²) in [6.45, 7) is 2.45. The highest BCUT2D eigenvalue weighted by Crippen LogP contribution is 2.08. The van der Waals surface area contributed by atoms with Crippen LogP contribution in [0.25, 0.3) is 0 Å². The molecule has 0 saturated heterocycles. The third-order valence-corrected chi connectivity index (χ3v) is 2.03. The van der Waals surface area contributed by atoms with E-state index in [1.165, 1.54) is 0 Å². The number of aliphatic carboxylic acids is 1. The molecule has 6 nitrogen and oxygen atoms in total. The minimum atomic E-state index is -1.19. The third-order valence-electron chi connectivity index (χ3n) is 2.03. The zero-order valence-corrected chi connectivity index (χ0v) is 8.27. The summed E-state index contributed by atoms with van der Waals surface area (Å²) in [4.78, 5) is 34.1. The van der Waals surface area contributed by atoms with Crippen LogP contribution < -0.4 is 5.32 Å². The van der Waals surface area contributed by atoms with Crippen molar-refractivity contribution in [3.05, 3.63) is 12.2 Å². The summed E-state index contributed by atoms with van der Waals surface area (Å²) < 4.78 is 0. The van der Waals surface area contributed by atoms with Gasteiger partial charge in [0, 0.05) is 18.7 Å². The Hall–Kier alpha value is -1.69.